The van der Waals surface area contributed by atoms with Crippen LogP contribution in [-0.4, -0.2) is 17.9 Å². The van der Waals surface area contributed by atoms with Gasteiger partial charge in [-0.15, -0.1) is 0 Å². The van der Waals surface area contributed by atoms with E-state index in [1.807, 2.05) is 24.3 Å². The van der Waals surface area contributed by atoms with Gasteiger partial charge in [0.25, 0.3) is 0 Å². The number of Topliss-reactive ketones (excluding diaryl/α,β-unsaturated/α-hetero) is 1. The van der Waals surface area contributed by atoms with Crippen LogP contribution in [0.1, 0.15) is 26.7 Å². The van der Waals surface area contributed by atoms with E-state index in [2.05, 4.69) is 18.7 Å². The minimum absolute atomic E-state index is 0.139. The van der Waals surface area contributed by atoms with E-state index in [-0.39, 0.29) is 5.54 Å². The van der Waals surface area contributed by atoms with Gasteiger partial charge in [0.1, 0.15) is 5.78 Å². The number of ketones is 1. The first-order chi connectivity index (χ1) is 7.50. The molecule has 1 aromatic rings. The lowest BCUT2D eigenvalue weighted by Crippen LogP contribution is -2.50. The number of benzene rings is 1. The lowest BCUT2D eigenvalue weighted by atomic mass is 9.89. The predicted octanol–water partition coefficient (Wildman–Crippen LogP) is 3.29. The molecule has 0 aromatic heterocycles. The standard InChI is InChI=1S/C13H16ClNO/c1-13(2)9-10(16)7-8-15(13)12-6-4-3-5-11(12)14/h3-6H,7-9H2,1-2H3. The number of hydrogen-bond donors (Lipinski definition) is 0. The Labute approximate surface area is 101 Å². The molecule has 0 spiro atoms. The van der Waals surface area contributed by atoms with E-state index in [4.69, 9.17) is 11.6 Å². The summed E-state index contributed by atoms with van der Waals surface area (Å²) < 4.78 is 0. The number of piperidine rings is 1. The SMILES string of the molecule is CC1(C)CC(=O)CCN1c1ccccc1Cl. The molecule has 0 atom stereocenters. The average Bonchev–Trinajstić information content (AvgIpc) is 2.18. The van der Waals surface area contributed by atoms with Gasteiger partial charge in [-0.25, -0.2) is 0 Å². The van der Waals surface area contributed by atoms with Crippen LogP contribution in [-0.2, 0) is 4.79 Å². The second-order valence-electron chi connectivity index (χ2n) is 4.88. The summed E-state index contributed by atoms with van der Waals surface area (Å²) in [5, 5.41) is 0.755. The molecule has 1 aromatic carbocycles. The Balaban J connectivity index is 2.34. The summed E-state index contributed by atoms with van der Waals surface area (Å²) in [7, 11) is 0. The number of carbonyl (C=O) groups excluding carboxylic acids is 1. The molecule has 1 fully saturated rings. The molecule has 0 bridgehead atoms. The number of halogens is 1. The molecule has 0 amide bonds. The van der Waals surface area contributed by atoms with Crippen LogP contribution in [0, 0.1) is 0 Å². The first-order valence-corrected chi connectivity index (χ1v) is 5.92. The van der Waals surface area contributed by atoms with Crippen molar-refractivity contribution < 1.29 is 4.79 Å². The van der Waals surface area contributed by atoms with E-state index < -0.39 is 0 Å². The lowest BCUT2D eigenvalue weighted by Gasteiger charge is -2.43. The first kappa shape index (κ1) is 11.5. The van der Waals surface area contributed by atoms with Crippen molar-refractivity contribution in [2.75, 3.05) is 11.4 Å². The van der Waals surface area contributed by atoms with Crippen molar-refractivity contribution in [1.29, 1.82) is 0 Å². The smallest absolute Gasteiger partial charge is 0.136 e. The molecule has 2 rings (SSSR count). The number of anilines is 1. The first-order valence-electron chi connectivity index (χ1n) is 5.54. The fourth-order valence-electron chi connectivity index (χ4n) is 2.32. The van der Waals surface area contributed by atoms with Gasteiger partial charge >= 0.3 is 0 Å². The molecule has 1 saturated heterocycles. The van der Waals surface area contributed by atoms with Crippen LogP contribution in [0.3, 0.4) is 0 Å². The molecule has 1 heterocycles. The zero-order chi connectivity index (χ0) is 11.8. The molecule has 16 heavy (non-hydrogen) atoms. The maximum absolute atomic E-state index is 11.5. The Hall–Kier alpha value is -1.02. The van der Waals surface area contributed by atoms with Crippen LogP contribution in [0.25, 0.3) is 0 Å². The minimum atomic E-state index is -0.139. The fourth-order valence-corrected chi connectivity index (χ4v) is 2.56. The number of rotatable bonds is 1. The predicted molar refractivity (Wildman–Crippen MR) is 67.1 cm³/mol. The zero-order valence-electron chi connectivity index (χ0n) is 9.66. The van der Waals surface area contributed by atoms with E-state index in [9.17, 15) is 4.79 Å². The molecule has 1 aliphatic heterocycles. The maximum Gasteiger partial charge on any atom is 0.136 e. The average molecular weight is 238 g/mol. The molecular formula is C13H16ClNO. The van der Waals surface area contributed by atoms with Gasteiger partial charge in [-0.3, -0.25) is 4.79 Å². The summed E-state index contributed by atoms with van der Waals surface area (Å²) in [6.45, 7) is 4.94. The van der Waals surface area contributed by atoms with Crippen molar-refractivity contribution in [1.82, 2.24) is 0 Å². The molecule has 2 nitrogen and oxygen atoms in total. The molecule has 1 aliphatic rings. The summed E-state index contributed by atoms with van der Waals surface area (Å²) in [5.41, 5.74) is 0.891. The molecule has 86 valence electrons. The van der Waals surface area contributed by atoms with Gasteiger partial charge < -0.3 is 4.90 Å². The van der Waals surface area contributed by atoms with Crippen molar-refractivity contribution >= 4 is 23.1 Å². The van der Waals surface area contributed by atoms with Crippen molar-refractivity contribution in [2.45, 2.75) is 32.2 Å². The largest absolute Gasteiger partial charge is 0.364 e. The number of para-hydroxylation sites is 1. The van der Waals surface area contributed by atoms with Gasteiger partial charge in [-0.1, -0.05) is 23.7 Å². The third-order valence-electron chi connectivity index (χ3n) is 3.12. The van der Waals surface area contributed by atoms with Gasteiger partial charge in [0, 0.05) is 24.9 Å². The Morgan fingerprint density at radius 1 is 1.31 bits per heavy atom. The van der Waals surface area contributed by atoms with Crippen molar-refractivity contribution in [3.8, 4) is 0 Å². The number of hydrogen-bond acceptors (Lipinski definition) is 2. The number of nitrogens with zero attached hydrogens (tertiary/aromatic N) is 1. The van der Waals surface area contributed by atoms with Crippen molar-refractivity contribution in [3.63, 3.8) is 0 Å². The second kappa shape index (κ2) is 4.10. The van der Waals surface area contributed by atoms with Gasteiger partial charge in [0.15, 0.2) is 0 Å². The summed E-state index contributed by atoms with van der Waals surface area (Å²) in [6.07, 6.45) is 1.22. The molecule has 0 saturated carbocycles. The van der Waals surface area contributed by atoms with Crippen molar-refractivity contribution in [3.05, 3.63) is 29.3 Å². The summed E-state index contributed by atoms with van der Waals surface area (Å²) in [6, 6.07) is 7.81. The van der Waals surface area contributed by atoms with Gasteiger partial charge in [0.05, 0.1) is 10.7 Å². The van der Waals surface area contributed by atoms with E-state index in [1.165, 1.54) is 0 Å². The van der Waals surface area contributed by atoms with Crippen LogP contribution in [0.15, 0.2) is 24.3 Å². The Bertz CT molecular complexity index is 414. The van der Waals surface area contributed by atoms with E-state index in [0.29, 0.717) is 18.6 Å². The Morgan fingerprint density at radius 3 is 2.62 bits per heavy atom. The van der Waals surface area contributed by atoms with Gasteiger partial charge in [-0.05, 0) is 26.0 Å². The molecule has 0 unspecified atom stereocenters. The third-order valence-corrected chi connectivity index (χ3v) is 3.44. The van der Waals surface area contributed by atoms with Crippen LogP contribution in [0.4, 0.5) is 5.69 Å². The maximum atomic E-state index is 11.5. The summed E-state index contributed by atoms with van der Waals surface area (Å²) in [5.74, 6) is 0.341. The highest BCUT2D eigenvalue weighted by Crippen LogP contribution is 2.35. The zero-order valence-corrected chi connectivity index (χ0v) is 10.4. The Kier molecular flexibility index (Phi) is 2.94. The summed E-state index contributed by atoms with van der Waals surface area (Å²) in [4.78, 5) is 13.7. The molecule has 0 radical (unpaired) electrons. The van der Waals surface area contributed by atoms with Crippen LogP contribution < -0.4 is 4.90 Å². The summed E-state index contributed by atoms with van der Waals surface area (Å²) >= 11 is 6.19. The van der Waals surface area contributed by atoms with E-state index in [0.717, 1.165) is 17.3 Å². The third kappa shape index (κ3) is 2.07. The van der Waals surface area contributed by atoms with Crippen LogP contribution >= 0.6 is 11.6 Å². The second-order valence-corrected chi connectivity index (χ2v) is 5.29. The normalized spacial score (nSPS) is 19.9. The van der Waals surface area contributed by atoms with Crippen molar-refractivity contribution in [2.24, 2.45) is 0 Å². The molecule has 3 heteroatoms. The highest BCUT2D eigenvalue weighted by Gasteiger charge is 2.34. The van der Waals surface area contributed by atoms with Gasteiger partial charge in [0.2, 0.25) is 0 Å². The van der Waals surface area contributed by atoms with Crippen LogP contribution in [0.2, 0.25) is 5.02 Å². The monoisotopic (exact) mass is 237 g/mol. The fraction of sp³-hybridized carbons (Fsp3) is 0.462. The number of carbonyl (C=O) groups is 1. The highest BCUT2D eigenvalue weighted by molar-refractivity contribution is 6.33. The lowest BCUT2D eigenvalue weighted by molar-refractivity contribution is -0.121. The minimum Gasteiger partial charge on any atom is -0.364 e. The molecule has 0 aliphatic carbocycles. The molecule has 0 N–H and O–H groups in total. The molecular weight excluding hydrogens is 222 g/mol. The van der Waals surface area contributed by atoms with Crippen LogP contribution in [0.5, 0.6) is 0 Å². The van der Waals surface area contributed by atoms with E-state index in [1.54, 1.807) is 0 Å². The Morgan fingerprint density at radius 2 is 2.00 bits per heavy atom. The van der Waals surface area contributed by atoms with Gasteiger partial charge in [-0.2, -0.15) is 0 Å². The van der Waals surface area contributed by atoms with E-state index >= 15 is 0 Å². The topological polar surface area (TPSA) is 20.3 Å². The highest BCUT2D eigenvalue weighted by atomic mass is 35.5. The quantitative estimate of drug-likeness (QED) is 0.747.